The summed E-state index contributed by atoms with van der Waals surface area (Å²) < 4.78 is 25.2. The van der Waals surface area contributed by atoms with Gasteiger partial charge in [-0.1, -0.05) is 30.1 Å². The van der Waals surface area contributed by atoms with E-state index < -0.39 is 10.0 Å². The summed E-state index contributed by atoms with van der Waals surface area (Å²) in [7, 11) is -3.53. The molecule has 0 saturated heterocycles. The van der Waals surface area contributed by atoms with Gasteiger partial charge in [0.05, 0.1) is 11.8 Å². The Morgan fingerprint density at radius 1 is 1.28 bits per heavy atom. The summed E-state index contributed by atoms with van der Waals surface area (Å²) in [5.41, 5.74) is 0.504. The Morgan fingerprint density at radius 2 is 1.83 bits per heavy atom. The summed E-state index contributed by atoms with van der Waals surface area (Å²) in [5, 5.41) is 9.36. The topological polar surface area (TPSA) is 61.2 Å². The Bertz CT molecular complexity index is 547. The molecule has 0 amide bonds. The van der Waals surface area contributed by atoms with Gasteiger partial charge in [-0.2, -0.15) is 9.57 Å². The lowest BCUT2D eigenvalue weighted by Gasteiger charge is -2.17. The van der Waals surface area contributed by atoms with E-state index >= 15 is 0 Å². The molecule has 0 aromatic heterocycles. The maximum atomic E-state index is 12.0. The first kappa shape index (κ1) is 15.3. The highest BCUT2D eigenvalue weighted by Gasteiger charge is 2.20. The van der Waals surface area contributed by atoms with Crippen LogP contribution in [0.5, 0.6) is 0 Å². The van der Waals surface area contributed by atoms with Crippen LogP contribution >= 0.6 is 23.2 Å². The summed E-state index contributed by atoms with van der Waals surface area (Å²) in [6, 6.07) is 6.46. The van der Waals surface area contributed by atoms with Crippen LogP contribution in [0.2, 0.25) is 10.0 Å². The molecule has 7 heteroatoms. The second kappa shape index (κ2) is 6.39. The van der Waals surface area contributed by atoms with Gasteiger partial charge in [-0.05, 0) is 23.8 Å². The largest absolute Gasteiger partial charge is 0.219 e. The highest BCUT2D eigenvalue weighted by molar-refractivity contribution is 7.88. The number of nitrogens with zero attached hydrogens (tertiary/aromatic N) is 2. The molecule has 1 aromatic rings. The number of benzene rings is 1. The fraction of sp³-hybridized carbons (Fsp3) is 0.364. The van der Waals surface area contributed by atoms with E-state index in [1.807, 2.05) is 6.07 Å². The summed E-state index contributed by atoms with van der Waals surface area (Å²) in [6.45, 7) is 1.77. The molecule has 0 spiro atoms. The zero-order valence-corrected chi connectivity index (χ0v) is 12.1. The van der Waals surface area contributed by atoms with Crippen molar-refractivity contribution in [1.29, 1.82) is 5.26 Å². The van der Waals surface area contributed by atoms with E-state index in [0.29, 0.717) is 15.6 Å². The van der Waals surface area contributed by atoms with Crippen molar-refractivity contribution >= 4 is 33.2 Å². The Morgan fingerprint density at radius 3 is 2.28 bits per heavy atom. The first-order valence-electron chi connectivity index (χ1n) is 5.18. The number of hydrogen-bond donors (Lipinski definition) is 0. The molecule has 0 fully saturated rings. The molecule has 18 heavy (non-hydrogen) atoms. The van der Waals surface area contributed by atoms with E-state index in [9.17, 15) is 8.42 Å². The van der Waals surface area contributed by atoms with Crippen LogP contribution in [0.25, 0.3) is 0 Å². The van der Waals surface area contributed by atoms with Crippen LogP contribution in [0, 0.1) is 11.3 Å². The molecule has 0 bridgehead atoms. The average Bonchev–Trinajstić information content (AvgIpc) is 2.23. The van der Waals surface area contributed by atoms with Crippen molar-refractivity contribution in [3.8, 4) is 6.07 Å². The fourth-order valence-electron chi connectivity index (χ4n) is 1.48. The zero-order valence-electron chi connectivity index (χ0n) is 9.73. The maximum absolute atomic E-state index is 12.0. The minimum absolute atomic E-state index is 0.160. The van der Waals surface area contributed by atoms with E-state index in [0.717, 1.165) is 4.31 Å². The lowest BCUT2D eigenvalue weighted by molar-refractivity contribution is 0.462. The first-order valence-corrected chi connectivity index (χ1v) is 7.55. The predicted molar refractivity (Wildman–Crippen MR) is 71.9 cm³/mol. The van der Waals surface area contributed by atoms with Crippen LogP contribution < -0.4 is 0 Å². The fourth-order valence-corrected chi connectivity index (χ4v) is 3.47. The van der Waals surface area contributed by atoms with Crippen LogP contribution in [0.3, 0.4) is 0 Å². The molecule has 0 radical (unpaired) electrons. The van der Waals surface area contributed by atoms with Gasteiger partial charge in [0.15, 0.2) is 0 Å². The van der Waals surface area contributed by atoms with Gasteiger partial charge in [0.25, 0.3) is 0 Å². The van der Waals surface area contributed by atoms with Crippen molar-refractivity contribution in [3.05, 3.63) is 33.8 Å². The highest BCUT2D eigenvalue weighted by atomic mass is 35.5. The summed E-state index contributed by atoms with van der Waals surface area (Å²) in [6.07, 6.45) is 0. The molecule has 0 aliphatic rings. The van der Waals surface area contributed by atoms with Crippen LogP contribution in [0.1, 0.15) is 12.5 Å². The van der Waals surface area contributed by atoms with Crippen molar-refractivity contribution < 1.29 is 8.42 Å². The minimum Gasteiger partial charge on any atom is -0.212 e. The summed E-state index contributed by atoms with van der Waals surface area (Å²) >= 11 is 11.6. The quantitative estimate of drug-likeness (QED) is 0.786. The maximum Gasteiger partial charge on any atom is 0.219 e. The normalized spacial score (nSPS) is 11.5. The average molecular weight is 307 g/mol. The Labute approximate surface area is 117 Å². The number of halogens is 2. The molecule has 0 aliphatic carbocycles. The van der Waals surface area contributed by atoms with E-state index in [1.165, 1.54) is 6.07 Å². The SMILES string of the molecule is CCN(CC#N)S(=O)(=O)Cc1cc(Cl)cc(Cl)c1. The zero-order chi connectivity index (χ0) is 13.8. The molecule has 98 valence electrons. The Kier molecular flexibility index (Phi) is 5.42. The second-order valence-electron chi connectivity index (χ2n) is 3.62. The highest BCUT2D eigenvalue weighted by Crippen LogP contribution is 2.21. The van der Waals surface area contributed by atoms with Crippen LogP contribution in [-0.2, 0) is 15.8 Å². The minimum atomic E-state index is -3.53. The van der Waals surface area contributed by atoms with E-state index in [2.05, 4.69) is 0 Å². The first-order chi connectivity index (χ1) is 8.39. The van der Waals surface area contributed by atoms with Gasteiger partial charge in [-0.25, -0.2) is 8.42 Å². The molecule has 0 heterocycles. The molecular formula is C11H12Cl2N2O2S. The molecule has 0 atom stereocenters. The summed E-state index contributed by atoms with van der Waals surface area (Å²) in [5.74, 6) is -0.219. The summed E-state index contributed by atoms with van der Waals surface area (Å²) in [4.78, 5) is 0. The van der Waals surface area contributed by atoms with Crippen molar-refractivity contribution in [2.45, 2.75) is 12.7 Å². The van der Waals surface area contributed by atoms with Gasteiger partial charge >= 0.3 is 0 Å². The van der Waals surface area contributed by atoms with Crippen molar-refractivity contribution in [1.82, 2.24) is 4.31 Å². The third-order valence-electron chi connectivity index (χ3n) is 2.26. The van der Waals surface area contributed by atoms with Gasteiger partial charge in [-0.3, -0.25) is 0 Å². The third kappa shape index (κ3) is 4.14. The Hall–Kier alpha value is -0.800. The number of rotatable bonds is 5. The van der Waals surface area contributed by atoms with Gasteiger partial charge in [0.2, 0.25) is 10.0 Å². The number of hydrogen-bond acceptors (Lipinski definition) is 3. The predicted octanol–water partition coefficient (Wildman–Crippen LogP) is 2.67. The van der Waals surface area contributed by atoms with E-state index in [4.69, 9.17) is 28.5 Å². The number of nitriles is 1. The van der Waals surface area contributed by atoms with Crippen LogP contribution in [0.4, 0.5) is 0 Å². The number of sulfonamides is 1. The van der Waals surface area contributed by atoms with Gasteiger partial charge in [-0.15, -0.1) is 0 Å². The molecule has 0 saturated carbocycles. The standard InChI is InChI=1S/C11H12Cl2N2O2S/c1-2-15(4-3-14)18(16,17)8-9-5-10(12)7-11(13)6-9/h5-7H,2,4,8H2,1H3. The molecule has 1 aromatic carbocycles. The monoisotopic (exact) mass is 306 g/mol. The molecule has 0 N–H and O–H groups in total. The molecule has 0 unspecified atom stereocenters. The molecule has 1 rings (SSSR count). The lowest BCUT2D eigenvalue weighted by Crippen LogP contribution is -2.32. The van der Waals surface area contributed by atoms with Gasteiger partial charge < -0.3 is 0 Å². The van der Waals surface area contributed by atoms with Crippen LogP contribution in [-0.4, -0.2) is 25.8 Å². The van der Waals surface area contributed by atoms with E-state index in [-0.39, 0.29) is 18.8 Å². The molecule has 0 aliphatic heterocycles. The van der Waals surface area contributed by atoms with Crippen molar-refractivity contribution in [3.63, 3.8) is 0 Å². The second-order valence-corrected chi connectivity index (χ2v) is 6.46. The smallest absolute Gasteiger partial charge is 0.212 e. The van der Waals surface area contributed by atoms with Crippen molar-refractivity contribution in [2.75, 3.05) is 13.1 Å². The van der Waals surface area contributed by atoms with Crippen molar-refractivity contribution in [2.24, 2.45) is 0 Å². The molecular weight excluding hydrogens is 295 g/mol. The lowest BCUT2D eigenvalue weighted by atomic mass is 10.2. The molecule has 4 nitrogen and oxygen atoms in total. The third-order valence-corrected chi connectivity index (χ3v) is 4.57. The van der Waals surface area contributed by atoms with Gasteiger partial charge in [0, 0.05) is 16.6 Å². The van der Waals surface area contributed by atoms with Crippen LogP contribution in [0.15, 0.2) is 18.2 Å². The van der Waals surface area contributed by atoms with E-state index in [1.54, 1.807) is 19.1 Å². The van der Waals surface area contributed by atoms with Gasteiger partial charge in [0.1, 0.15) is 6.54 Å². The Balaban J connectivity index is 2.98.